The first-order valence-corrected chi connectivity index (χ1v) is 8.89. The highest BCUT2D eigenvalue weighted by Crippen LogP contribution is 2.24. The smallest absolute Gasteiger partial charge is 0.328 e. The van der Waals surface area contributed by atoms with Crippen molar-refractivity contribution in [3.05, 3.63) is 65.9 Å². The van der Waals surface area contributed by atoms with E-state index in [9.17, 15) is 4.79 Å². The topological polar surface area (TPSA) is 34.5 Å². The number of carbonyl (C=O) groups excluding carboxylic acids is 1. The van der Waals surface area contributed by atoms with E-state index in [4.69, 9.17) is 4.74 Å². The van der Waals surface area contributed by atoms with Crippen LogP contribution in [0.5, 0.6) is 5.75 Å². The molecule has 0 spiro atoms. The number of amides is 1. The summed E-state index contributed by atoms with van der Waals surface area (Å²) >= 11 is 0. The van der Waals surface area contributed by atoms with Crippen LogP contribution in [0, 0.1) is 0 Å². The van der Waals surface area contributed by atoms with Crippen LogP contribution >= 0.6 is 0 Å². The van der Waals surface area contributed by atoms with Crippen molar-refractivity contribution in [3.8, 4) is 5.75 Å². The highest BCUT2D eigenvalue weighted by atomic mass is 16.5. The lowest BCUT2D eigenvalue weighted by atomic mass is 10.1. The second-order valence-corrected chi connectivity index (χ2v) is 6.04. The molecule has 26 heavy (non-hydrogen) atoms. The van der Waals surface area contributed by atoms with Gasteiger partial charge in [0.05, 0.1) is 12.6 Å². The summed E-state index contributed by atoms with van der Waals surface area (Å²) in [6.07, 6.45) is 6.00. The van der Waals surface area contributed by atoms with Gasteiger partial charge in [-0.25, -0.2) is 4.79 Å². The summed E-state index contributed by atoms with van der Waals surface area (Å²) in [7, 11) is 1.66. The van der Waals surface area contributed by atoms with E-state index in [-0.39, 0.29) is 6.03 Å². The molecule has 1 aromatic heterocycles. The van der Waals surface area contributed by atoms with E-state index in [0.29, 0.717) is 13.1 Å². The molecular weight excluding hydrogens is 324 g/mol. The van der Waals surface area contributed by atoms with Crippen LogP contribution in [0.2, 0.25) is 0 Å². The van der Waals surface area contributed by atoms with E-state index in [0.717, 1.165) is 27.8 Å². The van der Waals surface area contributed by atoms with Crippen LogP contribution in [0.25, 0.3) is 23.1 Å². The molecule has 0 aliphatic heterocycles. The number of benzene rings is 2. The lowest BCUT2D eigenvalue weighted by Crippen LogP contribution is -2.33. The van der Waals surface area contributed by atoms with Crippen molar-refractivity contribution < 1.29 is 9.53 Å². The highest BCUT2D eigenvalue weighted by Gasteiger charge is 2.16. The van der Waals surface area contributed by atoms with Crippen LogP contribution < -0.4 is 4.74 Å². The summed E-state index contributed by atoms with van der Waals surface area (Å²) in [5, 5.41) is 1.06. The molecule has 1 heterocycles. The SMILES string of the molecule is CCN(CC)C(=O)n1cc(C=Cc2cccc(OC)c2)c2ccccc21. The number of aromatic nitrogens is 1. The molecule has 2 aromatic carbocycles. The van der Waals surface area contributed by atoms with Gasteiger partial charge in [0.1, 0.15) is 5.75 Å². The van der Waals surface area contributed by atoms with E-state index < -0.39 is 0 Å². The summed E-state index contributed by atoms with van der Waals surface area (Å²) in [6.45, 7) is 5.38. The van der Waals surface area contributed by atoms with Crippen molar-refractivity contribution in [2.45, 2.75) is 13.8 Å². The van der Waals surface area contributed by atoms with Gasteiger partial charge in [0.2, 0.25) is 0 Å². The largest absolute Gasteiger partial charge is 0.497 e. The number of rotatable bonds is 5. The fourth-order valence-electron chi connectivity index (χ4n) is 3.07. The Hall–Kier alpha value is -3.01. The number of fused-ring (bicyclic) bond motifs is 1. The first-order valence-electron chi connectivity index (χ1n) is 8.89. The minimum Gasteiger partial charge on any atom is -0.497 e. The Kier molecular flexibility index (Phi) is 5.42. The zero-order valence-electron chi connectivity index (χ0n) is 15.5. The van der Waals surface area contributed by atoms with Gasteiger partial charge in [-0.3, -0.25) is 4.57 Å². The van der Waals surface area contributed by atoms with Gasteiger partial charge < -0.3 is 9.64 Å². The average molecular weight is 348 g/mol. The fourth-order valence-corrected chi connectivity index (χ4v) is 3.07. The molecule has 0 fully saturated rings. The second kappa shape index (κ2) is 7.91. The Morgan fingerprint density at radius 2 is 1.85 bits per heavy atom. The Balaban J connectivity index is 2.01. The number of ether oxygens (including phenoxy) is 1. The molecule has 0 saturated heterocycles. The van der Waals surface area contributed by atoms with E-state index in [1.165, 1.54) is 0 Å². The van der Waals surface area contributed by atoms with Gasteiger partial charge >= 0.3 is 6.03 Å². The molecule has 1 amide bonds. The van der Waals surface area contributed by atoms with Gasteiger partial charge in [-0.2, -0.15) is 0 Å². The average Bonchev–Trinajstić information content (AvgIpc) is 3.06. The quantitative estimate of drug-likeness (QED) is 0.640. The number of methoxy groups -OCH3 is 1. The molecule has 0 unspecified atom stereocenters. The van der Waals surface area contributed by atoms with E-state index >= 15 is 0 Å². The number of para-hydroxylation sites is 1. The first-order chi connectivity index (χ1) is 12.7. The zero-order chi connectivity index (χ0) is 18.5. The maximum Gasteiger partial charge on any atom is 0.328 e. The van der Waals surface area contributed by atoms with Gasteiger partial charge in [0.15, 0.2) is 0 Å². The van der Waals surface area contributed by atoms with Crippen molar-refractivity contribution in [3.63, 3.8) is 0 Å². The Morgan fingerprint density at radius 3 is 2.58 bits per heavy atom. The minimum absolute atomic E-state index is 0.00669. The van der Waals surface area contributed by atoms with Crippen LogP contribution in [0.1, 0.15) is 25.0 Å². The molecule has 3 aromatic rings. The molecule has 0 N–H and O–H groups in total. The summed E-state index contributed by atoms with van der Waals surface area (Å²) in [4.78, 5) is 14.7. The highest BCUT2D eigenvalue weighted by molar-refractivity contribution is 5.98. The van der Waals surface area contributed by atoms with Crippen LogP contribution in [0.3, 0.4) is 0 Å². The van der Waals surface area contributed by atoms with Crippen LogP contribution in [-0.2, 0) is 0 Å². The second-order valence-electron chi connectivity index (χ2n) is 6.04. The predicted octanol–water partition coefficient (Wildman–Crippen LogP) is 5.13. The summed E-state index contributed by atoms with van der Waals surface area (Å²) in [6, 6.07) is 15.9. The summed E-state index contributed by atoms with van der Waals surface area (Å²) < 4.78 is 7.02. The van der Waals surface area contributed by atoms with Crippen molar-refractivity contribution in [1.82, 2.24) is 9.47 Å². The van der Waals surface area contributed by atoms with Crippen molar-refractivity contribution in [2.75, 3.05) is 20.2 Å². The normalized spacial score (nSPS) is 11.2. The molecular formula is C22H24N2O2. The third-order valence-corrected chi connectivity index (χ3v) is 4.53. The molecule has 0 radical (unpaired) electrons. The molecule has 0 aliphatic rings. The number of hydrogen-bond acceptors (Lipinski definition) is 2. The summed E-state index contributed by atoms with van der Waals surface area (Å²) in [5.74, 6) is 0.825. The number of carbonyl (C=O) groups is 1. The van der Waals surface area contributed by atoms with Crippen LogP contribution in [0.4, 0.5) is 4.79 Å². The van der Waals surface area contributed by atoms with Gasteiger partial charge in [-0.1, -0.05) is 42.5 Å². The lowest BCUT2D eigenvalue weighted by Gasteiger charge is -2.19. The maximum absolute atomic E-state index is 12.8. The van der Waals surface area contributed by atoms with Gasteiger partial charge in [0, 0.05) is 30.2 Å². The Morgan fingerprint density at radius 1 is 1.08 bits per heavy atom. The molecule has 0 saturated carbocycles. The molecule has 4 nitrogen and oxygen atoms in total. The number of nitrogens with zero attached hydrogens (tertiary/aromatic N) is 2. The van der Waals surface area contributed by atoms with Gasteiger partial charge in [0.25, 0.3) is 0 Å². The number of hydrogen-bond donors (Lipinski definition) is 0. The zero-order valence-corrected chi connectivity index (χ0v) is 15.5. The predicted molar refractivity (Wildman–Crippen MR) is 108 cm³/mol. The lowest BCUT2D eigenvalue weighted by molar-refractivity contribution is 0.206. The first kappa shape index (κ1) is 17.8. The standard InChI is InChI=1S/C22H24N2O2/c1-4-23(5-2)22(25)24-16-18(20-11-6-7-12-21(20)24)14-13-17-9-8-10-19(15-17)26-3/h6-16H,4-5H2,1-3H3. The molecule has 4 heteroatoms. The van der Waals surface area contributed by atoms with Crippen LogP contribution in [0.15, 0.2) is 54.7 Å². The maximum atomic E-state index is 12.8. The van der Waals surface area contributed by atoms with E-state index in [1.807, 2.05) is 85.6 Å². The minimum atomic E-state index is 0.00669. The van der Waals surface area contributed by atoms with Crippen LogP contribution in [-0.4, -0.2) is 35.7 Å². The monoisotopic (exact) mass is 348 g/mol. The molecule has 134 valence electrons. The van der Waals surface area contributed by atoms with Gasteiger partial charge in [-0.05, 0) is 37.6 Å². The van der Waals surface area contributed by atoms with Gasteiger partial charge in [-0.15, -0.1) is 0 Å². The van der Waals surface area contributed by atoms with E-state index in [1.54, 1.807) is 11.7 Å². The van der Waals surface area contributed by atoms with Crippen molar-refractivity contribution in [2.24, 2.45) is 0 Å². The third-order valence-electron chi connectivity index (χ3n) is 4.53. The molecule has 3 rings (SSSR count). The molecule has 0 aliphatic carbocycles. The molecule has 0 atom stereocenters. The van der Waals surface area contributed by atoms with Crippen molar-refractivity contribution >= 4 is 29.1 Å². The summed E-state index contributed by atoms with van der Waals surface area (Å²) in [5.41, 5.74) is 3.00. The van der Waals surface area contributed by atoms with E-state index in [2.05, 4.69) is 0 Å². The third kappa shape index (κ3) is 3.49. The van der Waals surface area contributed by atoms with Crippen molar-refractivity contribution in [1.29, 1.82) is 0 Å². The Bertz CT molecular complexity index is 936. The fraction of sp³-hybridized carbons (Fsp3) is 0.227. The Labute approximate surface area is 154 Å². The molecule has 0 bridgehead atoms.